The number of hydrogen-bond donors (Lipinski definition) is 0. The van der Waals surface area contributed by atoms with Gasteiger partial charge in [-0.2, -0.15) is 0 Å². The van der Waals surface area contributed by atoms with Crippen molar-refractivity contribution in [2.24, 2.45) is 11.1 Å². The van der Waals surface area contributed by atoms with E-state index in [4.69, 9.17) is 16.4 Å². The highest BCUT2D eigenvalue weighted by Gasteiger charge is 2.37. The number of methoxy groups -OCH3 is 1. The van der Waals surface area contributed by atoms with Crippen LogP contribution in [0, 0.1) is 5.92 Å². The second-order valence-electron chi connectivity index (χ2n) is 3.82. The molecule has 0 aliphatic carbocycles. The van der Waals surface area contributed by atoms with E-state index in [2.05, 4.69) is 9.89 Å². The summed E-state index contributed by atoms with van der Waals surface area (Å²) in [6.07, 6.45) is -0.661. The molecule has 0 bridgehead atoms. The van der Waals surface area contributed by atoms with E-state index < -0.39 is 12.1 Å². The Hall–Kier alpha value is -1.55. The minimum absolute atomic E-state index is 0.136. The Morgan fingerprint density at radius 1 is 1.41 bits per heavy atom. The highest BCUT2D eigenvalue weighted by molar-refractivity contribution is 6.30. The first-order chi connectivity index (χ1) is 8.13. The summed E-state index contributed by atoms with van der Waals surface area (Å²) in [4.78, 5) is 16.5. The zero-order chi connectivity index (χ0) is 12.4. The number of ether oxygens (including phenoxy) is 1. The monoisotopic (exact) mass is 253 g/mol. The third-order valence-corrected chi connectivity index (χ3v) is 2.98. The summed E-state index contributed by atoms with van der Waals surface area (Å²) in [5, 5.41) is 4.60. The van der Waals surface area contributed by atoms with E-state index in [9.17, 15) is 4.79 Å². The fourth-order valence-electron chi connectivity index (χ4n) is 1.73. The number of nitrogens with zero attached hydrogens (tertiary/aromatic N) is 1. The topological polar surface area (TPSA) is 47.9 Å². The van der Waals surface area contributed by atoms with Crippen LogP contribution in [0.15, 0.2) is 29.4 Å². The van der Waals surface area contributed by atoms with Crippen LogP contribution in [-0.4, -0.2) is 24.9 Å². The molecule has 4 nitrogen and oxygen atoms in total. The van der Waals surface area contributed by atoms with Gasteiger partial charge in [-0.1, -0.05) is 35.8 Å². The van der Waals surface area contributed by atoms with Crippen LogP contribution in [0.5, 0.6) is 0 Å². The molecule has 0 radical (unpaired) electrons. The maximum Gasteiger partial charge on any atom is 0.350 e. The van der Waals surface area contributed by atoms with Crippen LogP contribution in [0.2, 0.25) is 5.02 Å². The summed E-state index contributed by atoms with van der Waals surface area (Å²) in [6.45, 7) is 1.88. The first-order valence-electron chi connectivity index (χ1n) is 5.21. The molecule has 2 rings (SSSR count). The largest absolute Gasteiger partial charge is 0.466 e. The molecule has 0 amide bonds. The van der Waals surface area contributed by atoms with Crippen molar-refractivity contribution in [3.63, 3.8) is 0 Å². The number of carbonyl (C=O) groups is 1. The predicted octanol–water partition coefficient (Wildman–Crippen LogP) is 2.25. The fourth-order valence-corrected chi connectivity index (χ4v) is 1.86. The minimum Gasteiger partial charge on any atom is -0.466 e. The molecule has 0 fully saturated rings. The molecule has 5 heteroatoms. The summed E-state index contributed by atoms with van der Waals surface area (Å²) < 4.78 is 4.65. The Kier molecular flexibility index (Phi) is 3.33. The summed E-state index contributed by atoms with van der Waals surface area (Å²) in [5.74, 6) is -0.547. The van der Waals surface area contributed by atoms with E-state index in [1.165, 1.54) is 7.11 Å². The zero-order valence-electron chi connectivity index (χ0n) is 9.51. The smallest absolute Gasteiger partial charge is 0.350 e. The molecule has 2 atom stereocenters. The lowest BCUT2D eigenvalue weighted by Crippen LogP contribution is -2.30. The lowest BCUT2D eigenvalue weighted by Gasteiger charge is -2.11. The predicted molar refractivity (Wildman–Crippen MR) is 64.0 cm³/mol. The molecule has 1 aromatic carbocycles. The highest BCUT2D eigenvalue weighted by Crippen LogP contribution is 2.24. The standard InChI is InChI=1S/C12H12ClNO3/c1-7-10(8-3-5-9(13)6-4-8)14-17-11(7)12(15)16-2/h3-7,11H,1-2H3/t7-,11-/m0/s1. The Labute approximate surface area is 104 Å². The summed E-state index contributed by atoms with van der Waals surface area (Å²) in [5.41, 5.74) is 1.63. The van der Waals surface area contributed by atoms with Crippen molar-refractivity contribution >= 4 is 23.3 Å². The van der Waals surface area contributed by atoms with E-state index in [0.717, 1.165) is 11.3 Å². The van der Waals surface area contributed by atoms with Crippen LogP contribution in [-0.2, 0) is 14.4 Å². The van der Waals surface area contributed by atoms with Gasteiger partial charge in [-0.05, 0) is 17.7 Å². The second kappa shape index (κ2) is 4.75. The lowest BCUT2D eigenvalue weighted by atomic mass is 9.94. The van der Waals surface area contributed by atoms with Crippen molar-refractivity contribution in [3.05, 3.63) is 34.9 Å². The maximum absolute atomic E-state index is 11.4. The Balaban J connectivity index is 2.19. The maximum atomic E-state index is 11.4. The molecule has 0 unspecified atom stereocenters. The summed E-state index contributed by atoms with van der Waals surface area (Å²) >= 11 is 5.81. The van der Waals surface area contributed by atoms with Gasteiger partial charge in [-0.25, -0.2) is 4.79 Å². The second-order valence-corrected chi connectivity index (χ2v) is 4.26. The molecule has 0 aromatic heterocycles. The van der Waals surface area contributed by atoms with Crippen LogP contribution in [0.25, 0.3) is 0 Å². The number of benzene rings is 1. The Bertz CT molecular complexity index is 455. The average Bonchev–Trinajstić information content (AvgIpc) is 2.71. The van der Waals surface area contributed by atoms with Crippen LogP contribution in [0.4, 0.5) is 0 Å². The van der Waals surface area contributed by atoms with Gasteiger partial charge in [0.25, 0.3) is 0 Å². The molecule has 1 aliphatic heterocycles. The van der Waals surface area contributed by atoms with Gasteiger partial charge in [0.05, 0.1) is 18.7 Å². The average molecular weight is 254 g/mol. The fraction of sp³-hybridized carbons (Fsp3) is 0.333. The molecule has 17 heavy (non-hydrogen) atoms. The number of esters is 1. The van der Waals surface area contributed by atoms with Crippen molar-refractivity contribution in [1.29, 1.82) is 0 Å². The van der Waals surface area contributed by atoms with Gasteiger partial charge >= 0.3 is 5.97 Å². The summed E-state index contributed by atoms with van der Waals surface area (Å²) in [7, 11) is 1.33. The van der Waals surface area contributed by atoms with E-state index >= 15 is 0 Å². The van der Waals surface area contributed by atoms with Crippen molar-refractivity contribution in [2.75, 3.05) is 7.11 Å². The Morgan fingerprint density at radius 2 is 2.06 bits per heavy atom. The molecule has 0 spiro atoms. The molecule has 0 saturated heterocycles. The van der Waals surface area contributed by atoms with Crippen LogP contribution >= 0.6 is 11.6 Å². The van der Waals surface area contributed by atoms with Gasteiger partial charge in [0, 0.05) is 5.02 Å². The molecular formula is C12H12ClNO3. The molecule has 1 aromatic rings. The quantitative estimate of drug-likeness (QED) is 0.760. The Morgan fingerprint density at radius 3 is 2.65 bits per heavy atom. The van der Waals surface area contributed by atoms with Crippen LogP contribution < -0.4 is 0 Å². The van der Waals surface area contributed by atoms with Gasteiger partial charge in [0.2, 0.25) is 6.10 Å². The van der Waals surface area contributed by atoms with Gasteiger partial charge in [-0.15, -0.1) is 0 Å². The van der Waals surface area contributed by atoms with Crippen molar-refractivity contribution < 1.29 is 14.4 Å². The number of rotatable bonds is 2. The number of oxime groups is 1. The van der Waals surface area contributed by atoms with Gasteiger partial charge in [0.15, 0.2) is 0 Å². The third-order valence-electron chi connectivity index (χ3n) is 2.72. The normalized spacial score (nSPS) is 22.9. The number of carbonyl (C=O) groups excluding carboxylic acids is 1. The SMILES string of the molecule is COC(=O)[C@H]1ON=C(c2ccc(Cl)cc2)[C@@H]1C. The zero-order valence-corrected chi connectivity index (χ0v) is 10.3. The molecule has 0 N–H and O–H groups in total. The molecule has 90 valence electrons. The molecule has 1 heterocycles. The molecule has 0 saturated carbocycles. The van der Waals surface area contributed by atoms with E-state index in [0.29, 0.717) is 5.02 Å². The van der Waals surface area contributed by atoms with E-state index in [1.807, 2.05) is 19.1 Å². The van der Waals surface area contributed by atoms with Crippen molar-refractivity contribution in [3.8, 4) is 0 Å². The highest BCUT2D eigenvalue weighted by atomic mass is 35.5. The van der Waals surface area contributed by atoms with E-state index in [-0.39, 0.29) is 5.92 Å². The van der Waals surface area contributed by atoms with Crippen molar-refractivity contribution in [1.82, 2.24) is 0 Å². The first kappa shape index (κ1) is 11.9. The number of hydrogen-bond acceptors (Lipinski definition) is 4. The lowest BCUT2D eigenvalue weighted by molar-refractivity contribution is -0.154. The number of halogens is 1. The first-order valence-corrected chi connectivity index (χ1v) is 5.58. The minimum atomic E-state index is -0.661. The molecular weight excluding hydrogens is 242 g/mol. The van der Waals surface area contributed by atoms with Gasteiger partial charge < -0.3 is 9.57 Å². The van der Waals surface area contributed by atoms with Crippen LogP contribution in [0.3, 0.4) is 0 Å². The van der Waals surface area contributed by atoms with Crippen molar-refractivity contribution in [2.45, 2.75) is 13.0 Å². The molecule has 1 aliphatic rings. The third kappa shape index (κ3) is 2.26. The van der Waals surface area contributed by atoms with Crippen LogP contribution in [0.1, 0.15) is 12.5 Å². The summed E-state index contributed by atoms with van der Waals surface area (Å²) in [6, 6.07) is 7.25. The van der Waals surface area contributed by atoms with Gasteiger partial charge in [0.1, 0.15) is 0 Å². The van der Waals surface area contributed by atoms with E-state index in [1.54, 1.807) is 12.1 Å². The van der Waals surface area contributed by atoms with Gasteiger partial charge in [-0.3, -0.25) is 0 Å².